The van der Waals surface area contributed by atoms with Crippen LogP contribution in [0.3, 0.4) is 0 Å². The van der Waals surface area contributed by atoms with Crippen LogP contribution < -0.4 is 10.9 Å². The van der Waals surface area contributed by atoms with Crippen molar-refractivity contribution in [2.24, 2.45) is 5.92 Å². The monoisotopic (exact) mass is 435 g/mol. The van der Waals surface area contributed by atoms with Crippen molar-refractivity contribution < 1.29 is 9.18 Å². The first-order valence-electron chi connectivity index (χ1n) is 10.8. The van der Waals surface area contributed by atoms with Crippen LogP contribution in [0.25, 0.3) is 16.7 Å². The molecule has 0 saturated carbocycles. The molecule has 0 saturated heterocycles. The zero-order valence-electron chi connectivity index (χ0n) is 18.2. The number of aryl methyl sites for hydroxylation is 2. The molecule has 0 bridgehead atoms. The number of hydrogen-bond donors (Lipinski definition) is 1. The van der Waals surface area contributed by atoms with E-state index in [9.17, 15) is 14.0 Å². The van der Waals surface area contributed by atoms with Crippen molar-refractivity contribution in [2.45, 2.75) is 46.2 Å². The van der Waals surface area contributed by atoms with E-state index in [4.69, 9.17) is 0 Å². The number of aromatic nitrogens is 4. The Hall–Kier alpha value is -3.55. The van der Waals surface area contributed by atoms with E-state index in [0.717, 1.165) is 17.5 Å². The Morgan fingerprint density at radius 3 is 2.59 bits per heavy atom. The van der Waals surface area contributed by atoms with Crippen LogP contribution in [0.2, 0.25) is 0 Å². The van der Waals surface area contributed by atoms with Crippen molar-refractivity contribution in [1.82, 2.24) is 24.5 Å². The van der Waals surface area contributed by atoms with Crippen LogP contribution in [0.4, 0.5) is 4.39 Å². The average Bonchev–Trinajstić information content (AvgIpc) is 3.21. The fraction of sp³-hybridized carbons (Fsp3) is 0.333. The van der Waals surface area contributed by atoms with Crippen LogP contribution >= 0.6 is 0 Å². The van der Waals surface area contributed by atoms with E-state index in [1.807, 2.05) is 28.7 Å². The third-order valence-electron chi connectivity index (χ3n) is 5.48. The largest absolute Gasteiger partial charge is 0.352 e. The molecule has 0 unspecified atom stereocenters. The maximum Gasteiger partial charge on any atom is 0.262 e. The van der Waals surface area contributed by atoms with E-state index in [2.05, 4.69) is 29.4 Å². The number of fused-ring (bicyclic) bond motifs is 3. The first-order chi connectivity index (χ1) is 15.4. The van der Waals surface area contributed by atoms with E-state index in [0.29, 0.717) is 42.4 Å². The first-order valence-corrected chi connectivity index (χ1v) is 10.8. The van der Waals surface area contributed by atoms with Crippen molar-refractivity contribution in [3.05, 3.63) is 76.1 Å². The molecule has 4 rings (SSSR count). The second-order valence-corrected chi connectivity index (χ2v) is 8.31. The quantitative estimate of drug-likeness (QED) is 0.459. The molecule has 166 valence electrons. The molecule has 0 spiro atoms. The zero-order chi connectivity index (χ0) is 22.7. The Balaban J connectivity index is 1.57. The zero-order valence-corrected chi connectivity index (χ0v) is 18.2. The Morgan fingerprint density at radius 2 is 1.84 bits per heavy atom. The number of benzene rings is 2. The molecule has 2 aromatic carbocycles. The molecule has 0 fully saturated rings. The minimum atomic E-state index is -0.308. The standard InChI is InChI=1S/C24H26FN5O2/c1-16(2)13-14-29-23(32)19-5-3-4-6-20(19)30-21(27-28-24(29)30)11-12-22(31)26-15-17-7-9-18(25)10-8-17/h3-10,16H,11-15H2,1-2H3,(H,26,31). The second kappa shape index (κ2) is 9.30. The molecule has 0 atom stereocenters. The highest BCUT2D eigenvalue weighted by Crippen LogP contribution is 2.16. The maximum absolute atomic E-state index is 13.1. The summed E-state index contributed by atoms with van der Waals surface area (Å²) in [6, 6.07) is 13.4. The predicted molar refractivity (Wildman–Crippen MR) is 121 cm³/mol. The van der Waals surface area contributed by atoms with Crippen LogP contribution in [0.5, 0.6) is 0 Å². The molecule has 8 heteroatoms. The van der Waals surface area contributed by atoms with Gasteiger partial charge >= 0.3 is 0 Å². The van der Waals surface area contributed by atoms with Crippen LogP contribution in [0.15, 0.2) is 53.3 Å². The number of carbonyl (C=O) groups excluding carboxylic acids is 1. The average molecular weight is 436 g/mol. The van der Waals surface area contributed by atoms with Gasteiger partial charge in [0.15, 0.2) is 0 Å². The maximum atomic E-state index is 13.1. The summed E-state index contributed by atoms with van der Waals surface area (Å²) >= 11 is 0. The lowest BCUT2D eigenvalue weighted by atomic mass is 10.1. The van der Waals surface area contributed by atoms with Gasteiger partial charge in [-0.2, -0.15) is 0 Å². The molecule has 2 heterocycles. The Morgan fingerprint density at radius 1 is 1.09 bits per heavy atom. The van der Waals surface area contributed by atoms with Gasteiger partial charge in [0.1, 0.15) is 11.6 Å². The summed E-state index contributed by atoms with van der Waals surface area (Å²) < 4.78 is 16.6. The number of amides is 1. The van der Waals surface area contributed by atoms with E-state index in [1.165, 1.54) is 12.1 Å². The van der Waals surface area contributed by atoms with Crippen molar-refractivity contribution >= 4 is 22.6 Å². The number of rotatable bonds is 8. The number of para-hydroxylation sites is 1. The van der Waals surface area contributed by atoms with Gasteiger partial charge in [-0.05, 0) is 42.2 Å². The lowest BCUT2D eigenvalue weighted by Crippen LogP contribution is -2.25. The van der Waals surface area contributed by atoms with Crippen LogP contribution in [0.1, 0.15) is 38.1 Å². The summed E-state index contributed by atoms with van der Waals surface area (Å²) in [7, 11) is 0. The van der Waals surface area contributed by atoms with Gasteiger partial charge in [-0.3, -0.25) is 18.6 Å². The van der Waals surface area contributed by atoms with Crippen molar-refractivity contribution in [3.63, 3.8) is 0 Å². The summed E-state index contributed by atoms with van der Waals surface area (Å²) in [4.78, 5) is 25.4. The number of nitrogens with one attached hydrogen (secondary N) is 1. The molecule has 0 radical (unpaired) electrons. The highest BCUT2D eigenvalue weighted by Gasteiger charge is 2.17. The molecule has 1 N–H and O–H groups in total. The minimum absolute atomic E-state index is 0.0789. The molecule has 0 aliphatic carbocycles. The van der Waals surface area contributed by atoms with Gasteiger partial charge in [0, 0.05) is 25.9 Å². The fourth-order valence-electron chi connectivity index (χ4n) is 3.68. The second-order valence-electron chi connectivity index (χ2n) is 8.31. The topological polar surface area (TPSA) is 81.3 Å². The molecule has 32 heavy (non-hydrogen) atoms. The van der Waals surface area contributed by atoms with Gasteiger partial charge in [-0.15, -0.1) is 10.2 Å². The SMILES string of the molecule is CC(C)CCn1c(=O)c2ccccc2n2c(CCC(=O)NCc3ccc(F)cc3)nnc12. The van der Waals surface area contributed by atoms with Gasteiger partial charge in [-0.1, -0.05) is 38.1 Å². The predicted octanol–water partition coefficient (Wildman–Crippen LogP) is 3.48. The third kappa shape index (κ3) is 4.54. The lowest BCUT2D eigenvalue weighted by molar-refractivity contribution is -0.121. The van der Waals surface area contributed by atoms with Crippen molar-refractivity contribution in [2.75, 3.05) is 0 Å². The lowest BCUT2D eigenvalue weighted by Gasteiger charge is -2.12. The highest BCUT2D eigenvalue weighted by atomic mass is 19.1. The fourth-order valence-corrected chi connectivity index (χ4v) is 3.68. The molecule has 1 amide bonds. The van der Waals surface area contributed by atoms with Gasteiger partial charge < -0.3 is 5.32 Å². The summed E-state index contributed by atoms with van der Waals surface area (Å²) in [6.07, 6.45) is 1.45. The van der Waals surface area contributed by atoms with Gasteiger partial charge in [0.05, 0.1) is 10.9 Å². The van der Waals surface area contributed by atoms with Crippen LogP contribution in [-0.4, -0.2) is 25.1 Å². The number of carbonyl (C=O) groups is 1. The van der Waals surface area contributed by atoms with Gasteiger partial charge in [0.25, 0.3) is 5.56 Å². The summed E-state index contributed by atoms with van der Waals surface area (Å²) in [5.74, 6) is 1.13. The summed E-state index contributed by atoms with van der Waals surface area (Å²) in [5.41, 5.74) is 1.48. The van der Waals surface area contributed by atoms with Crippen molar-refractivity contribution in [3.8, 4) is 0 Å². The number of hydrogen-bond acceptors (Lipinski definition) is 4. The molecule has 4 aromatic rings. The van der Waals surface area contributed by atoms with Crippen molar-refractivity contribution in [1.29, 1.82) is 0 Å². The van der Waals surface area contributed by atoms with Crippen LogP contribution in [-0.2, 0) is 24.3 Å². The molecule has 0 aliphatic heterocycles. The normalized spacial score (nSPS) is 11.5. The molecule has 2 aromatic heterocycles. The minimum Gasteiger partial charge on any atom is -0.352 e. The van der Waals surface area contributed by atoms with E-state index < -0.39 is 0 Å². The van der Waals surface area contributed by atoms with E-state index >= 15 is 0 Å². The Bertz CT molecular complexity index is 1310. The molecular formula is C24H26FN5O2. The van der Waals surface area contributed by atoms with Gasteiger partial charge in [-0.25, -0.2) is 4.39 Å². The van der Waals surface area contributed by atoms with E-state index in [-0.39, 0.29) is 23.7 Å². The summed E-state index contributed by atoms with van der Waals surface area (Å²) in [5, 5.41) is 12.0. The highest BCUT2D eigenvalue weighted by molar-refractivity contribution is 5.80. The molecular weight excluding hydrogens is 409 g/mol. The Labute approximate surface area is 184 Å². The number of halogens is 1. The van der Waals surface area contributed by atoms with Gasteiger partial charge in [0.2, 0.25) is 11.7 Å². The smallest absolute Gasteiger partial charge is 0.262 e. The third-order valence-corrected chi connectivity index (χ3v) is 5.48. The molecule has 0 aliphatic rings. The summed E-state index contributed by atoms with van der Waals surface area (Å²) in [6.45, 7) is 5.12. The first kappa shape index (κ1) is 21.7. The van der Waals surface area contributed by atoms with E-state index in [1.54, 1.807) is 16.7 Å². The molecule has 7 nitrogen and oxygen atoms in total. The van der Waals surface area contributed by atoms with Crippen LogP contribution in [0, 0.1) is 11.7 Å². The number of nitrogens with zero attached hydrogens (tertiary/aromatic N) is 4. The Kier molecular flexibility index (Phi) is 6.30.